The van der Waals surface area contributed by atoms with Crippen LogP contribution < -0.4 is 20.3 Å². The topological polar surface area (TPSA) is 115 Å². The van der Waals surface area contributed by atoms with Crippen molar-refractivity contribution in [1.29, 1.82) is 0 Å². The van der Waals surface area contributed by atoms with E-state index in [1.54, 1.807) is 0 Å². The van der Waals surface area contributed by atoms with Crippen LogP contribution in [0, 0.1) is 0 Å². The molecule has 0 bridgehead atoms. The second-order valence-electron chi connectivity index (χ2n) is 6.50. The first-order chi connectivity index (χ1) is 15.1. The highest BCUT2D eigenvalue weighted by molar-refractivity contribution is 9.10. The van der Waals surface area contributed by atoms with Gasteiger partial charge < -0.3 is 10.5 Å². The maximum Gasteiger partial charge on any atom is 0.417 e. The first-order valence-corrected chi connectivity index (χ1v) is 9.65. The van der Waals surface area contributed by atoms with Crippen LogP contribution in [0.1, 0.15) is 5.56 Å². The number of hydrogen-bond donors (Lipinski definition) is 1. The number of halogens is 4. The van der Waals surface area contributed by atoms with Crippen molar-refractivity contribution in [2.24, 2.45) is 0 Å². The summed E-state index contributed by atoms with van der Waals surface area (Å²) < 4.78 is 44.9. The zero-order valence-corrected chi connectivity index (χ0v) is 17.5. The van der Waals surface area contributed by atoms with Gasteiger partial charge in [0.15, 0.2) is 0 Å². The average molecular weight is 509 g/mol. The third-order valence-corrected chi connectivity index (χ3v) is 4.99. The first kappa shape index (κ1) is 21.5. The minimum atomic E-state index is -4.64. The highest BCUT2D eigenvalue weighted by Crippen LogP contribution is 2.36. The van der Waals surface area contributed by atoms with E-state index in [1.807, 2.05) is 0 Å². The maximum atomic E-state index is 13.0. The lowest BCUT2D eigenvalue weighted by molar-refractivity contribution is -0.137. The molecule has 0 aliphatic carbocycles. The van der Waals surface area contributed by atoms with Crippen molar-refractivity contribution in [1.82, 2.24) is 15.0 Å². The summed E-state index contributed by atoms with van der Waals surface area (Å²) in [7, 11) is 0. The summed E-state index contributed by atoms with van der Waals surface area (Å²) in [6.45, 7) is -0.438. The molecule has 1 aliphatic heterocycles. The predicted octanol–water partition coefficient (Wildman–Crippen LogP) is 4.00. The standard InChI is InChI=1S/C19H12BrF3N6O3/c20-13-6-12(32-15-3-4-26-17(24)27-15)1-2-14(13)29-16(30)9-28(18(29)31)11-5-10(7-25-8-11)19(21,22)23/h1-8H,9H2,(H2,24,26,27). The van der Waals surface area contributed by atoms with Gasteiger partial charge in [-0.05, 0) is 40.2 Å². The summed E-state index contributed by atoms with van der Waals surface area (Å²) in [5.74, 6) is -0.0774. The summed E-state index contributed by atoms with van der Waals surface area (Å²) >= 11 is 3.29. The number of pyridine rings is 1. The number of hydrogen-bond acceptors (Lipinski definition) is 7. The molecule has 0 unspecified atom stereocenters. The van der Waals surface area contributed by atoms with Crippen molar-refractivity contribution >= 4 is 45.2 Å². The Morgan fingerprint density at radius 2 is 1.91 bits per heavy atom. The Morgan fingerprint density at radius 1 is 1.12 bits per heavy atom. The van der Waals surface area contributed by atoms with Gasteiger partial charge in [0, 0.05) is 22.9 Å². The maximum absolute atomic E-state index is 13.0. The molecular weight excluding hydrogens is 497 g/mol. The van der Waals surface area contributed by atoms with Crippen LogP contribution in [0.15, 0.2) is 53.4 Å². The fourth-order valence-corrected chi connectivity index (χ4v) is 3.47. The summed E-state index contributed by atoms with van der Waals surface area (Å²) in [6, 6.07) is 5.89. The van der Waals surface area contributed by atoms with Gasteiger partial charge in [-0.25, -0.2) is 14.7 Å². The quantitative estimate of drug-likeness (QED) is 0.529. The molecule has 1 aromatic carbocycles. The van der Waals surface area contributed by atoms with E-state index in [0.717, 1.165) is 22.1 Å². The predicted molar refractivity (Wildman–Crippen MR) is 110 cm³/mol. The summed E-state index contributed by atoms with van der Waals surface area (Å²) in [5.41, 5.74) is 4.53. The number of anilines is 3. The molecule has 4 rings (SSSR count). The van der Waals surface area contributed by atoms with Crippen molar-refractivity contribution in [3.8, 4) is 11.6 Å². The van der Waals surface area contributed by atoms with E-state index >= 15 is 0 Å². The van der Waals surface area contributed by atoms with E-state index in [1.165, 1.54) is 30.5 Å². The molecule has 3 heterocycles. The van der Waals surface area contributed by atoms with Crippen molar-refractivity contribution in [2.45, 2.75) is 6.18 Å². The Hall–Kier alpha value is -3.74. The van der Waals surface area contributed by atoms with Crippen LogP contribution in [0.3, 0.4) is 0 Å². The summed E-state index contributed by atoms with van der Waals surface area (Å²) in [6.07, 6.45) is -1.49. The highest BCUT2D eigenvalue weighted by atomic mass is 79.9. The second-order valence-corrected chi connectivity index (χ2v) is 7.35. The smallest absolute Gasteiger partial charge is 0.417 e. The number of alkyl halides is 3. The van der Waals surface area contributed by atoms with E-state index in [-0.39, 0.29) is 23.2 Å². The number of ether oxygens (including phenoxy) is 1. The van der Waals surface area contributed by atoms with Crippen LogP contribution in [0.25, 0.3) is 0 Å². The number of amides is 3. The summed E-state index contributed by atoms with van der Waals surface area (Å²) in [5, 5.41) is 0. The van der Waals surface area contributed by atoms with Gasteiger partial charge in [-0.3, -0.25) is 14.7 Å². The molecule has 13 heteroatoms. The van der Waals surface area contributed by atoms with Gasteiger partial charge in [0.1, 0.15) is 12.3 Å². The molecular formula is C19H12BrF3N6O3. The molecule has 164 valence electrons. The number of nitrogens with two attached hydrogens (primary N) is 1. The SMILES string of the molecule is Nc1nccc(Oc2ccc(N3C(=O)CN(c4cncc(C(F)(F)F)c4)C3=O)c(Br)c2)n1. The number of aromatic nitrogens is 3. The number of imide groups is 1. The number of carbonyl (C=O) groups excluding carboxylic acids is 2. The van der Waals surface area contributed by atoms with Gasteiger partial charge in [0.2, 0.25) is 11.8 Å². The fraction of sp³-hybridized carbons (Fsp3) is 0.105. The van der Waals surface area contributed by atoms with Crippen molar-refractivity contribution in [3.63, 3.8) is 0 Å². The van der Waals surface area contributed by atoms with Crippen LogP contribution >= 0.6 is 15.9 Å². The zero-order valence-electron chi connectivity index (χ0n) is 15.9. The van der Waals surface area contributed by atoms with Gasteiger partial charge in [0.25, 0.3) is 5.91 Å². The lowest BCUT2D eigenvalue weighted by atomic mass is 10.2. The number of rotatable bonds is 4. The molecule has 3 amide bonds. The average Bonchev–Trinajstić information content (AvgIpc) is 3.02. The van der Waals surface area contributed by atoms with Crippen LogP contribution in [0.2, 0.25) is 0 Å². The third-order valence-electron chi connectivity index (χ3n) is 4.36. The Morgan fingerprint density at radius 3 is 2.59 bits per heavy atom. The van der Waals surface area contributed by atoms with Gasteiger partial charge in [-0.1, -0.05) is 0 Å². The van der Waals surface area contributed by atoms with Gasteiger partial charge in [-0.2, -0.15) is 18.2 Å². The number of benzene rings is 1. The first-order valence-electron chi connectivity index (χ1n) is 8.86. The lowest BCUT2D eigenvalue weighted by Gasteiger charge is -2.19. The molecule has 0 spiro atoms. The van der Waals surface area contributed by atoms with E-state index in [0.29, 0.717) is 16.4 Å². The Labute approximate surface area is 186 Å². The highest BCUT2D eigenvalue weighted by Gasteiger charge is 2.40. The molecule has 2 aromatic heterocycles. The van der Waals surface area contributed by atoms with Crippen LogP contribution in [-0.4, -0.2) is 33.4 Å². The Balaban J connectivity index is 1.59. The number of nitrogens with zero attached hydrogens (tertiary/aromatic N) is 5. The van der Waals surface area contributed by atoms with Crippen molar-refractivity contribution in [3.05, 3.63) is 59.0 Å². The molecule has 0 saturated carbocycles. The molecule has 3 aromatic rings. The van der Waals surface area contributed by atoms with Crippen molar-refractivity contribution < 1.29 is 27.5 Å². The monoisotopic (exact) mass is 508 g/mol. The molecule has 1 saturated heterocycles. The minimum Gasteiger partial charge on any atom is -0.439 e. The lowest BCUT2D eigenvalue weighted by Crippen LogP contribution is -2.33. The van der Waals surface area contributed by atoms with E-state index in [4.69, 9.17) is 10.5 Å². The van der Waals surface area contributed by atoms with Crippen LogP contribution in [0.4, 0.5) is 35.3 Å². The molecule has 0 radical (unpaired) electrons. The normalized spacial score (nSPS) is 14.2. The molecule has 0 atom stereocenters. The van der Waals surface area contributed by atoms with E-state index in [2.05, 4.69) is 30.9 Å². The van der Waals surface area contributed by atoms with Crippen molar-refractivity contribution in [2.75, 3.05) is 22.1 Å². The number of urea groups is 1. The van der Waals surface area contributed by atoms with Gasteiger partial charge in [0.05, 0.1) is 23.1 Å². The molecule has 9 nitrogen and oxygen atoms in total. The van der Waals surface area contributed by atoms with Crippen LogP contribution in [0.5, 0.6) is 11.6 Å². The largest absolute Gasteiger partial charge is 0.439 e. The molecule has 32 heavy (non-hydrogen) atoms. The number of nitrogen functional groups attached to an aromatic ring is 1. The van der Waals surface area contributed by atoms with E-state index < -0.39 is 30.2 Å². The third kappa shape index (κ3) is 4.19. The van der Waals surface area contributed by atoms with E-state index in [9.17, 15) is 22.8 Å². The molecule has 2 N–H and O–H groups in total. The molecule has 1 fully saturated rings. The fourth-order valence-electron chi connectivity index (χ4n) is 2.94. The summed E-state index contributed by atoms with van der Waals surface area (Å²) in [4.78, 5) is 38.4. The van der Waals surface area contributed by atoms with Gasteiger partial charge in [-0.15, -0.1) is 0 Å². The second kappa shape index (κ2) is 8.07. The Kier molecular flexibility index (Phi) is 5.42. The minimum absolute atomic E-state index is 0.0237. The molecule has 1 aliphatic rings. The zero-order chi connectivity index (χ0) is 23.0. The van der Waals surface area contributed by atoms with Gasteiger partial charge >= 0.3 is 12.2 Å². The van der Waals surface area contributed by atoms with Crippen LogP contribution in [-0.2, 0) is 11.0 Å². The number of carbonyl (C=O) groups is 2. The Bertz CT molecular complexity index is 1220.